The Labute approximate surface area is 133 Å². The predicted molar refractivity (Wildman–Crippen MR) is 88.5 cm³/mol. The zero-order valence-electron chi connectivity index (χ0n) is 12.3. The molecule has 0 saturated heterocycles. The van der Waals surface area contributed by atoms with E-state index >= 15 is 0 Å². The van der Waals surface area contributed by atoms with E-state index in [-0.39, 0.29) is 0 Å². The summed E-state index contributed by atoms with van der Waals surface area (Å²) < 4.78 is 5.66. The van der Waals surface area contributed by atoms with Crippen molar-refractivity contribution < 1.29 is 14.7 Å². The number of oxime groups is 1. The van der Waals surface area contributed by atoms with Gasteiger partial charge in [-0.25, -0.2) is 0 Å². The first kappa shape index (κ1) is 13.8. The summed E-state index contributed by atoms with van der Waals surface area (Å²) in [7, 11) is 0. The van der Waals surface area contributed by atoms with Crippen LogP contribution in [0.3, 0.4) is 0 Å². The maximum absolute atomic E-state index is 10.1. The lowest BCUT2D eigenvalue weighted by Crippen LogP contribution is -2.06. The molecule has 0 spiro atoms. The van der Waals surface area contributed by atoms with Gasteiger partial charge >= 0.3 is 0 Å². The fourth-order valence-electron chi connectivity index (χ4n) is 2.75. The van der Waals surface area contributed by atoms with E-state index in [2.05, 4.69) is 5.16 Å². The highest BCUT2D eigenvalue weighted by atomic mass is 16.7. The molecule has 1 unspecified atom stereocenters. The number of hydrogen-bond acceptors (Lipinski definition) is 4. The molecule has 1 aliphatic rings. The van der Waals surface area contributed by atoms with Gasteiger partial charge in [0, 0.05) is 5.56 Å². The highest BCUT2D eigenvalue weighted by Crippen LogP contribution is 2.33. The summed E-state index contributed by atoms with van der Waals surface area (Å²) in [6, 6.07) is 21.2. The van der Waals surface area contributed by atoms with Gasteiger partial charge in [0.15, 0.2) is 0 Å². The standard InChI is InChI=1S/C19H15NO3/c21-19(14-7-2-1-3-8-14)23-20-16-12-22-17-11-10-13-6-4-5-9-15(13)18(16)17/h1-11,19,21H,12H2/b20-16+. The number of benzene rings is 3. The second-order valence-corrected chi connectivity index (χ2v) is 5.35. The van der Waals surface area contributed by atoms with Crippen LogP contribution < -0.4 is 4.74 Å². The molecule has 0 radical (unpaired) electrons. The monoisotopic (exact) mass is 305 g/mol. The minimum atomic E-state index is -1.09. The quantitative estimate of drug-likeness (QED) is 0.593. The first-order valence-corrected chi connectivity index (χ1v) is 7.43. The molecule has 4 rings (SSSR count). The molecule has 3 aromatic carbocycles. The first-order valence-electron chi connectivity index (χ1n) is 7.43. The second kappa shape index (κ2) is 5.74. The van der Waals surface area contributed by atoms with E-state index in [1.54, 1.807) is 12.1 Å². The van der Waals surface area contributed by atoms with Gasteiger partial charge in [-0.3, -0.25) is 0 Å². The van der Waals surface area contributed by atoms with Crippen LogP contribution in [0.1, 0.15) is 17.4 Å². The van der Waals surface area contributed by atoms with Crippen LogP contribution in [0, 0.1) is 0 Å². The number of hydrogen-bond donors (Lipinski definition) is 1. The van der Waals surface area contributed by atoms with E-state index < -0.39 is 6.29 Å². The lowest BCUT2D eigenvalue weighted by molar-refractivity contribution is -0.102. The predicted octanol–water partition coefficient (Wildman–Crippen LogP) is 3.64. The van der Waals surface area contributed by atoms with Crippen molar-refractivity contribution in [3.05, 3.63) is 77.9 Å². The SMILES string of the molecule is OC(O/N=C1\COc2ccc3ccccc3c21)c1ccccc1. The summed E-state index contributed by atoms with van der Waals surface area (Å²) in [4.78, 5) is 5.28. The molecule has 3 aromatic rings. The van der Waals surface area contributed by atoms with Crippen LogP contribution in [0.25, 0.3) is 10.8 Å². The Hall–Kier alpha value is -2.85. The molecule has 0 aromatic heterocycles. The summed E-state index contributed by atoms with van der Waals surface area (Å²) in [6.07, 6.45) is -1.09. The fourth-order valence-corrected chi connectivity index (χ4v) is 2.75. The third-order valence-electron chi connectivity index (χ3n) is 3.89. The molecule has 1 N–H and O–H groups in total. The third kappa shape index (κ3) is 2.53. The van der Waals surface area contributed by atoms with Crippen molar-refractivity contribution in [3.8, 4) is 5.75 Å². The van der Waals surface area contributed by atoms with Crippen molar-refractivity contribution in [2.45, 2.75) is 6.29 Å². The Bertz CT molecular complexity index is 874. The summed E-state index contributed by atoms with van der Waals surface area (Å²) in [5, 5.41) is 16.4. The number of nitrogens with zero attached hydrogens (tertiary/aromatic N) is 1. The Balaban J connectivity index is 1.67. The fraction of sp³-hybridized carbons (Fsp3) is 0.105. The molecule has 23 heavy (non-hydrogen) atoms. The maximum atomic E-state index is 10.1. The van der Waals surface area contributed by atoms with Crippen LogP contribution in [0.4, 0.5) is 0 Å². The summed E-state index contributed by atoms with van der Waals surface area (Å²) in [6.45, 7) is 0.338. The summed E-state index contributed by atoms with van der Waals surface area (Å²) >= 11 is 0. The molecule has 4 nitrogen and oxygen atoms in total. The first-order chi connectivity index (χ1) is 11.3. The smallest absolute Gasteiger partial charge is 0.250 e. The zero-order valence-corrected chi connectivity index (χ0v) is 12.3. The molecule has 1 heterocycles. The van der Waals surface area contributed by atoms with Gasteiger partial charge in [-0.15, -0.1) is 0 Å². The minimum Gasteiger partial charge on any atom is -0.486 e. The number of aliphatic hydroxyl groups excluding tert-OH is 1. The van der Waals surface area contributed by atoms with Crippen molar-refractivity contribution in [3.63, 3.8) is 0 Å². The molecule has 114 valence electrons. The van der Waals surface area contributed by atoms with Crippen molar-refractivity contribution in [2.24, 2.45) is 5.16 Å². The van der Waals surface area contributed by atoms with Gasteiger partial charge in [-0.1, -0.05) is 65.8 Å². The number of fused-ring (bicyclic) bond motifs is 3. The van der Waals surface area contributed by atoms with Crippen LogP contribution in [-0.2, 0) is 4.84 Å². The van der Waals surface area contributed by atoms with Crippen LogP contribution >= 0.6 is 0 Å². The van der Waals surface area contributed by atoms with Gasteiger partial charge in [0.2, 0.25) is 0 Å². The van der Waals surface area contributed by atoms with Crippen molar-refractivity contribution in [1.29, 1.82) is 0 Å². The molecule has 0 bridgehead atoms. The molecular weight excluding hydrogens is 290 g/mol. The average Bonchev–Trinajstić information content (AvgIpc) is 3.04. The largest absolute Gasteiger partial charge is 0.486 e. The molecule has 1 aliphatic heterocycles. The Kier molecular flexibility index (Phi) is 3.44. The normalized spacial score (nSPS) is 16.1. The van der Waals surface area contributed by atoms with Crippen LogP contribution in [0.15, 0.2) is 71.9 Å². The highest BCUT2D eigenvalue weighted by Gasteiger charge is 2.23. The summed E-state index contributed by atoms with van der Waals surface area (Å²) in [5.41, 5.74) is 2.28. The molecule has 0 fully saturated rings. The van der Waals surface area contributed by atoms with Crippen LogP contribution in [0.5, 0.6) is 5.75 Å². The molecule has 1 atom stereocenters. The van der Waals surface area contributed by atoms with Gasteiger partial charge in [-0.05, 0) is 16.8 Å². The van der Waals surface area contributed by atoms with Gasteiger partial charge < -0.3 is 14.7 Å². The van der Waals surface area contributed by atoms with E-state index in [9.17, 15) is 5.11 Å². The van der Waals surface area contributed by atoms with E-state index in [1.807, 2.05) is 54.6 Å². The van der Waals surface area contributed by atoms with Crippen molar-refractivity contribution >= 4 is 16.5 Å². The Morgan fingerprint density at radius 3 is 2.61 bits per heavy atom. The Morgan fingerprint density at radius 2 is 1.74 bits per heavy atom. The zero-order chi connectivity index (χ0) is 15.6. The van der Waals surface area contributed by atoms with Crippen LogP contribution in [0.2, 0.25) is 0 Å². The van der Waals surface area contributed by atoms with Gasteiger partial charge in [0.1, 0.15) is 18.1 Å². The van der Waals surface area contributed by atoms with E-state index in [1.165, 1.54) is 0 Å². The Morgan fingerprint density at radius 1 is 0.957 bits per heavy atom. The molecule has 4 heteroatoms. The molecule has 0 aliphatic carbocycles. The number of ether oxygens (including phenoxy) is 1. The topological polar surface area (TPSA) is 51.0 Å². The molecular formula is C19H15NO3. The lowest BCUT2D eigenvalue weighted by Gasteiger charge is -2.09. The van der Waals surface area contributed by atoms with E-state index in [0.29, 0.717) is 17.9 Å². The van der Waals surface area contributed by atoms with Gasteiger partial charge in [-0.2, -0.15) is 0 Å². The number of aliphatic hydroxyl groups is 1. The summed E-state index contributed by atoms with van der Waals surface area (Å²) in [5.74, 6) is 0.792. The van der Waals surface area contributed by atoms with Crippen LogP contribution in [-0.4, -0.2) is 17.4 Å². The van der Waals surface area contributed by atoms with Gasteiger partial charge in [0.05, 0.1) is 5.56 Å². The minimum absolute atomic E-state index is 0.338. The molecule has 0 amide bonds. The van der Waals surface area contributed by atoms with E-state index in [0.717, 1.165) is 22.1 Å². The lowest BCUT2D eigenvalue weighted by atomic mass is 10.0. The van der Waals surface area contributed by atoms with Gasteiger partial charge in [0.25, 0.3) is 6.29 Å². The average molecular weight is 305 g/mol. The third-order valence-corrected chi connectivity index (χ3v) is 3.89. The second-order valence-electron chi connectivity index (χ2n) is 5.35. The maximum Gasteiger partial charge on any atom is 0.250 e. The number of rotatable bonds is 3. The van der Waals surface area contributed by atoms with Crippen molar-refractivity contribution in [2.75, 3.05) is 6.61 Å². The molecule has 0 saturated carbocycles. The van der Waals surface area contributed by atoms with Crippen molar-refractivity contribution in [1.82, 2.24) is 0 Å². The van der Waals surface area contributed by atoms with E-state index in [4.69, 9.17) is 9.57 Å². The highest BCUT2D eigenvalue weighted by molar-refractivity contribution is 6.15.